The summed E-state index contributed by atoms with van der Waals surface area (Å²) in [6.45, 7) is 2.47. The molecule has 0 amide bonds. The standard InChI is InChI=1S/C21H42N2O3/c1-4-5-6-7-8-9-10-11-12-13-15-19(24)16-14-17-20(22)26-21(25)18-23(2)3/h20H,4-18,22H2,1-3H3. The van der Waals surface area contributed by atoms with E-state index < -0.39 is 6.23 Å². The second kappa shape index (κ2) is 17.5. The van der Waals surface area contributed by atoms with Gasteiger partial charge in [0, 0.05) is 12.8 Å². The normalized spacial score (nSPS) is 12.3. The number of carbonyl (C=O) groups is 2. The third-order valence-corrected chi connectivity index (χ3v) is 4.48. The number of unbranched alkanes of at least 4 members (excludes halogenated alkanes) is 9. The number of carbonyl (C=O) groups excluding carboxylic acids is 2. The van der Waals surface area contributed by atoms with Crippen LogP contribution in [0.25, 0.3) is 0 Å². The van der Waals surface area contributed by atoms with Gasteiger partial charge in [-0.15, -0.1) is 0 Å². The van der Waals surface area contributed by atoms with Gasteiger partial charge in [0.1, 0.15) is 5.78 Å². The van der Waals surface area contributed by atoms with E-state index in [1.54, 1.807) is 19.0 Å². The van der Waals surface area contributed by atoms with Gasteiger partial charge in [-0.3, -0.25) is 20.2 Å². The molecule has 2 N–H and O–H groups in total. The molecule has 0 saturated carbocycles. The molecule has 0 aromatic carbocycles. The Kier molecular flexibility index (Phi) is 16.8. The topological polar surface area (TPSA) is 72.6 Å². The quantitative estimate of drug-likeness (QED) is 0.219. The summed E-state index contributed by atoms with van der Waals surface area (Å²) in [6.07, 6.45) is 14.7. The molecule has 0 spiro atoms. The Bertz CT molecular complexity index is 359. The van der Waals surface area contributed by atoms with Crippen LogP contribution in [0.4, 0.5) is 0 Å². The second-order valence-corrected chi connectivity index (χ2v) is 7.63. The number of nitrogens with two attached hydrogens (primary N) is 1. The Morgan fingerprint density at radius 1 is 0.846 bits per heavy atom. The molecule has 0 bridgehead atoms. The zero-order valence-corrected chi connectivity index (χ0v) is 17.4. The minimum Gasteiger partial charge on any atom is -0.446 e. The van der Waals surface area contributed by atoms with Crippen LogP contribution in [0.3, 0.4) is 0 Å². The third-order valence-electron chi connectivity index (χ3n) is 4.48. The molecular formula is C21H42N2O3. The van der Waals surface area contributed by atoms with E-state index in [9.17, 15) is 9.59 Å². The third kappa shape index (κ3) is 17.9. The van der Waals surface area contributed by atoms with Crippen LogP contribution >= 0.6 is 0 Å². The molecule has 0 aliphatic heterocycles. The highest BCUT2D eigenvalue weighted by molar-refractivity contribution is 5.78. The molecule has 0 aromatic rings. The summed E-state index contributed by atoms with van der Waals surface area (Å²) < 4.78 is 5.10. The van der Waals surface area contributed by atoms with E-state index in [0.717, 1.165) is 12.8 Å². The maximum absolute atomic E-state index is 11.9. The van der Waals surface area contributed by atoms with E-state index in [4.69, 9.17) is 10.5 Å². The first-order valence-corrected chi connectivity index (χ1v) is 10.6. The number of esters is 1. The summed E-state index contributed by atoms with van der Waals surface area (Å²) in [4.78, 5) is 25.1. The van der Waals surface area contributed by atoms with Crippen molar-refractivity contribution in [3.8, 4) is 0 Å². The van der Waals surface area contributed by atoms with Crippen molar-refractivity contribution < 1.29 is 14.3 Å². The van der Waals surface area contributed by atoms with E-state index in [0.29, 0.717) is 31.5 Å². The van der Waals surface area contributed by atoms with Gasteiger partial charge in [0.25, 0.3) is 0 Å². The molecule has 0 aliphatic rings. The lowest BCUT2D eigenvalue weighted by molar-refractivity contribution is -0.149. The van der Waals surface area contributed by atoms with Crippen LogP contribution in [0.5, 0.6) is 0 Å². The van der Waals surface area contributed by atoms with Crippen molar-refractivity contribution >= 4 is 11.8 Å². The first-order valence-electron chi connectivity index (χ1n) is 10.6. The Morgan fingerprint density at radius 2 is 1.35 bits per heavy atom. The van der Waals surface area contributed by atoms with E-state index >= 15 is 0 Å². The van der Waals surface area contributed by atoms with Crippen LogP contribution in [0, 0.1) is 0 Å². The highest BCUT2D eigenvalue weighted by Crippen LogP contribution is 2.12. The summed E-state index contributed by atoms with van der Waals surface area (Å²) in [5.41, 5.74) is 5.77. The molecule has 1 atom stereocenters. The molecule has 26 heavy (non-hydrogen) atoms. The van der Waals surface area contributed by atoms with E-state index in [1.807, 2.05) is 0 Å². The number of nitrogens with zero attached hydrogens (tertiary/aromatic N) is 1. The van der Waals surface area contributed by atoms with Gasteiger partial charge >= 0.3 is 5.97 Å². The molecule has 0 radical (unpaired) electrons. The fourth-order valence-electron chi connectivity index (χ4n) is 2.96. The van der Waals surface area contributed by atoms with Gasteiger partial charge in [0.2, 0.25) is 0 Å². The van der Waals surface area contributed by atoms with Crippen molar-refractivity contribution in [2.75, 3.05) is 20.6 Å². The fraction of sp³-hybridized carbons (Fsp3) is 0.905. The number of Topliss-reactive ketones (excluding diaryl/α,β-unsaturated/α-hetero) is 1. The zero-order chi connectivity index (χ0) is 19.6. The lowest BCUT2D eigenvalue weighted by Gasteiger charge is -2.15. The lowest BCUT2D eigenvalue weighted by Crippen LogP contribution is -2.32. The van der Waals surface area contributed by atoms with Crippen LogP contribution in [-0.4, -0.2) is 43.5 Å². The van der Waals surface area contributed by atoms with Gasteiger partial charge < -0.3 is 4.74 Å². The van der Waals surface area contributed by atoms with Gasteiger partial charge in [-0.1, -0.05) is 64.7 Å². The molecule has 0 aliphatic carbocycles. The van der Waals surface area contributed by atoms with Gasteiger partial charge in [-0.2, -0.15) is 0 Å². The number of rotatable bonds is 18. The molecule has 0 aromatic heterocycles. The Morgan fingerprint density at radius 3 is 1.88 bits per heavy atom. The van der Waals surface area contributed by atoms with Crippen LogP contribution in [0.2, 0.25) is 0 Å². The monoisotopic (exact) mass is 370 g/mol. The van der Waals surface area contributed by atoms with Crippen molar-refractivity contribution in [2.24, 2.45) is 5.73 Å². The molecule has 0 saturated heterocycles. The van der Waals surface area contributed by atoms with Crippen LogP contribution in [0.1, 0.15) is 96.8 Å². The predicted molar refractivity (Wildman–Crippen MR) is 108 cm³/mol. The van der Waals surface area contributed by atoms with E-state index in [2.05, 4.69) is 6.92 Å². The maximum atomic E-state index is 11.9. The summed E-state index contributed by atoms with van der Waals surface area (Å²) in [5, 5.41) is 0. The van der Waals surface area contributed by atoms with Crippen LogP contribution in [-0.2, 0) is 14.3 Å². The number of hydrogen-bond donors (Lipinski definition) is 1. The van der Waals surface area contributed by atoms with Crippen molar-refractivity contribution in [2.45, 2.75) is 103 Å². The van der Waals surface area contributed by atoms with E-state index in [1.165, 1.54) is 51.4 Å². The summed E-state index contributed by atoms with van der Waals surface area (Å²) in [6, 6.07) is 0. The van der Waals surface area contributed by atoms with Gasteiger partial charge in [0.05, 0.1) is 6.54 Å². The summed E-state index contributed by atoms with van der Waals surface area (Å²) >= 11 is 0. The van der Waals surface area contributed by atoms with Crippen LogP contribution < -0.4 is 5.73 Å². The Labute approximate surface area is 161 Å². The molecular weight excluding hydrogens is 328 g/mol. The number of ether oxygens (including phenoxy) is 1. The number of hydrogen-bond acceptors (Lipinski definition) is 5. The van der Waals surface area contributed by atoms with Crippen molar-refractivity contribution in [1.29, 1.82) is 0 Å². The van der Waals surface area contributed by atoms with E-state index in [-0.39, 0.29) is 12.5 Å². The van der Waals surface area contributed by atoms with Gasteiger partial charge in [-0.05, 0) is 33.4 Å². The fourth-order valence-corrected chi connectivity index (χ4v) is 2.96. The first kappa shape index (κ1) is 25.1. The number of likely N-dealkylation sites (N-methyl/N-ethyl adjacent to an activating group) is 1. The van der Waals surface area contributed by atoms with Crippen LogP contribution in [0.15, 0.2) is 0 Å². The molecule has 0 fully saturated rings. The van der Waals surface area contributed by atoms with Crippen molar-refractivity contribution in [3.63, 3.8) is 0 Å². The smallest absolute Gasteiger partial charge is 0.321 e. The van der Waals surface area contributed by atoms with Crippen molar-refractivity contribution in [3.05, 3.63) is 0 Å². The zero-order valence-electron chi connectivity index (χ0n) is 17.4. The summed E-state index contributed by atoms with van der Waals surface area (Å²) in [7, 11) is 3.61. The molecule has 0 rings (SSSR count). The maximum Gasteiger partial charge on any atom is 0.321 e. The van der Waals surface area contributed by atoms with Gasteiger partial charge in [-0.25, -0.2) is 0 Å². The highest BCUT2D eigenvalue weighted by atomic mass is 16.6. The van der Waals surface area contributed by atoms with Gasteiger partial charge in [0.15, 0.2) is 6.23 Å². The lowest BCUT2D eigenvalue weighted by atomic mass is 10.0. The molecule has 0 heterocycles. The predicted octanol–water partition coefficient (Wildman–Crippen LogP) is 4.43. The average Bonchev–Trinajstić information content (AvgIpc) is 2.55. The Balaban J connectivity index is 3.42. The second-order valence-electron chi connectivity index (χ2n) is 7.63. The SMILES string of the molecule is CCCCCCCCCCCCC(=O)CCCC(N)OC(=O)CN(C)C. The summed E-state index contributed by atoms with van der Waals surface area (Å²) in [5.74, 6) is -0.0180. The minimum absolute atomic E-state index is 0.228. The molecule has 5 nitrogen and oxygen atoms in total. The highest BCUT2D eigenvalue weighted by Gasteiger charge is 2.11. The minimum atomic E-state index is -0.604. The molecule has 5 heteroatoms. The van der Waals surface area contributed by atoms with Crippen molar-refractivity contribution in [1.82, 2.24) is 4.90 Å². The Hall–Kier alpha value is -0.940. The largest absolute Gasteiger partial charge is 0.446 e. The first-order chi connectivity index (χ1) is 12.5. The number of ketones is 1. The molecule has 1 unspecified atom stereocenters. The average molecular weight is 371 g/mol. The molecule has 154 valence electrons.